The van der Waals surface area contributed by atoms with Crippen molar-refractivity contribution in [3.8, 4) is 22.8 Å². The minimum atomic E-state index is -0.0455. The molecule has 2 aromatic carbocycles. The number of ether oxygens (including phenoxy) is 2. The maximum Gasteiger partial charge on any atom is 0.231 e. The van der Waals surface area contributed by atoms with E-state index in [2.05, 4.69) is 22.8 Å². The summed E-state index contributed by atoms with van der Waals surface area (Å²) in [5, 5.41) is 7.36. The lowest BCUT2D eigenvalue weighted by molar-refractivity contribution is 0.174. The minimum Gasteiger partial charge on any atom is -0.454 e. The number of nitrogens with zero attached hydrogens (tertiary/aromatic N) is 1. The van der Waals surface area contributed by atoms with E-state index in [0.29, 0.717) is 6.79 Å². The zero-order valence-electron chi connectivity index (χ0n) is 13.3. The average Bonchev–Trinajstić information content (AvgIpc) is 3.05. The van der Waals surface area contributed by atoms with E-state index in [9.17, 15) is 0 Å². The molecule has 0 radical (unpaired) electrons. The van der Waals surface area contributed by atoms with Gasteiger partial charge in [-0.25, -0.2) is 4.98 Å². The van der Waals surface area contributed by atoms with Gasteiger partial charge in [-0.1, -0.05) is 29.8 Å². The monoisotopic (exact) mass is 370 g/mol. The summed E-state index contributed by atoms with van der Waals surface area (Å²) in [6.07, 6.45) is 2.17. The second-order valence-electron chi connectivity index (χ2n) is 6.32. The molecule has 6 heteroatoms. The number of hydrogen-bond acceptors (Lipinski definition) is 5. The quantitative estimate of drug-likeness (QED) is 0.677. The molecule has 1 aromatic heterocycles. The molecule has 2 aliphatic rings. The molecule has 0 amide bonds. The van der Waals surface area contributed by atoms with Gasteiger partial charge in [-0.3, -0.25) is 0 Å². The second kappa shape index (κ2) is 5.64. The van der Waals surface area contributed by atoms with Gasteiger partial charge in [0.05, 0.1) is 11.2 Å². The van der Waals surface area contributed by atoms with E-state index in [0.717, 1.165) is 45.8 Å². The molecule has 1 aliphatic carbocycles. The molecule has 1 N–H and O–H groups in total. The topological polar surface area (TPSA) is 43.4 Å². The highest BCUT2D eigenvalue weighted by Crippen LogP contribution is 2.50. The summed E-state index contributed by atoms with van der Waals surface area (Å²) in [7, 11) is 0. The van der Waals surface area contributed by atoms with Gasteiger partial charge in [-0.15, -0.1) is 11.3 Å². The first-order chi connectivity index (χ1) is 12.2. The molecule has 2 heterocycles. The molecule has 4 nitrogen and oxygen atoms in total. The lowest BCUT2D eigenvalue weighted by Gasteiger charge is -2.17. The molecule has 1 aliphatic heterocycles. The van der Waals surface area contributed by atoms with Gasteiger partial charge in [0.25, 0.3) is 0 Å². The fraction of sp³-hybridized carbons (Fsp3) is 0.211. The van der Waals surface area contributed by atoms with Gasteiger partial charge in [-0.2, -0.15) is 0 Å². The summed E-state index contributed by atoms with van der Waals surface area (Å²) in [4.78, 5) is 4.74. The van der Waals surface area contributed by atoms with Crippen LogP contribution in [0.4, 0.5) is 5.13 Å². The number of benzene rings is 2. The van der Waals surface area contributed by atoms with E-state index in [1.54, 1.807) is 11.3 Å². The maximum absolute atomic E-state index is 5.96. The molecule has 0 saturated heterocycles. The third-order valence-corrected chi connectivity index (χ3v) is 5.68. The Kier molecular flexibility index (Phi) is 3.40. The number of nitrogens with one attached hydrogen (secondary N) is 1. The Morgan fingerprint density at radius 1 is 1.04 bits per heavy atom. The Morgan fingerprint density at radius 2 is 1.84 bits per heavy atom. The van der Waals surface area contributed by atoms with Crippen LogP contribution < -0.4 is 14.8 Å². The van der Waals surface area contributed by atoms with Gasteiger partial charge < -0.3 is 14.8 Å². The molecule has 0 spiro atoms. The fourth-order valence-corrected chi connectivity index (χ4v) is 4.04. The van der Waals surface area contributed by atoms with Gasteiger partial charge in [0.15, 0.2) is 16.6 Å². The van der Waals surface area contributed by atoms with E-state index < -0.39 is 0 Å². The summed E-state index contributed by atoms with van der Waals surface area (Å²) in [5.41, 5.74) is 3.21. The third kappa shape index (κ3) is 2.73. The zero-order valence-corrected chi connectivity index (χ0v) is 14.9. The Morgan fingerprint density at radius 3 is 2.64 bits per heavy atom. The van der Waals surface area contributed by atoms with Crippen LogP contribution in [0.1, 0.15) is 18.4 Å². The smallest absolute Gasteiger partial charge is 0.231 e. The lowest BCUT2D eigenvalue weighted by Crippen LogP contribution is -2.18. The van der Waals surface area contributed by atoms with Crippen molar-refractivity contribution in [1.82, 2.24) is 4.98 Å². The average molecular weight is 371 g/mol. The van der Waals surface area contributed by atoms with E-state index in [1.165, 1.54) is 5.56 Å². The second-order valence-corrected chi connectivity index (χ2v) is 7.61. The molecule has 126 valence electrons. The minimum absolute atomic E-state index is 0.0455. The van der Waals surface area contributed by atoms with Gasteiger partial charge >= 0.3 is 0 Å². The maximum atomic E-state index is 5.96. The van der Waals surface area contributed by atoms with E-state index in [4.69, 9.17) is 26.1 Å². The van der Waals surface area contributed by atoms with Crippen molar-refractivity contribution in [2.75, 3.05) is 12.1 Å². The van der Waals surface area contributed by atoms with Crippen molar-refractivity contribution in [3.05, 3.63) is 58.4 Å². The van der Waals surface area contributed by atoms with Crippen LogP contribution in [0.2, 0.25) is 5.02 Å². The van der Waals surface area contributed by atoms with Crippen molar-refractivity contribution < 1.29 is 9.47 Å². The van der Waals surface area contributed by atoms with Crippen LogP contribution in [0.15, 0.2) is 47.8 Å². The van der Waals surface area contributed by atoms with Gasteiger partial charge in [0, 0.05) is 16.0 Å². The molecule has 25 heavy (non-hydrogen) atoms. The van der Waals surface area contributed by atoms with E-state index in [1.807, 2.05) is 30.3 Å². The molecular formula is C19H15ClN2O2S. The number of anilines is 1. The molecule has 1 saturated carbocycles. The molecule has 5 rings (SSSR count). The summed E-state index contributed by atoms with van der Waals surface area (Å²) in [6.45, 7) is 0.302. The first-order valence-corrected chi connectivity index (χ1v) is 9.37. The Balaban J connectivity index is 1.39. The number of fused-ring (bicyclic) bond motifs is 1. The predicted molar refractivity (Wildman–Crippen MR) is 99.7 cm³/mol. The Hall–Kier alpha value is -2.24. The van der Waals surface area contributed by atoms with Crippen LogP contribution in [0.5, 0.6) is 11.5 Å². The van der Waals surface area contributed by atoms with Crippen LogP contribution in [0.25, 0.3) is 11.3 Å². The Labute approximate surface area is 154 Å². The van der Waals surface area contributed by atoms with E-state index in [-0.39, 0.29) is 5.54 Å². The first kappa shape index (κ1) is 15.0. The van der Waals surface area contributed by atoms with Crippen LogP contribution in [-0.4, -0.2) is 11.8 Å². The van der Waals surface area contributed by atoms with Crippen LogP contribution in [-0.2, 0) is 5.54 Å². The molecule has 0 unspecified atom stereocenters. The van der Waals surface area contributed by atoms with Crippen molar-refractivity contribution in [2.24, 2.45) is 0 Å². The highest BCUT2D eigenvalue weighted by Gasteiger charge is 2.45. The molecular weight excluding hydrogens is 356 g/mol. The summed E-state index contributed by atoms with van der Waals surface area (Å²) < 4.78 is 10.9. The molecule has 1 fully saturated rings. The molecule has 3 aromatic rings. The van der Waals surface area contributed by atoms with Crippen LogP contribution >= 0.6 is 22.9 Å². The van der Waals surface area contributed by atoms with Gasteiger partial charge in [0.2, 0.25) is 6.79 Å². The Bertz CT molecular complexity index is 935. The number of rotatable bonds is 4. The number of thiazole rings is 1. The lowest BCUT2D eigenvalue weighted by atomic mass is 10.0. The normalized spacial score (nSPS) is 16.7. The third-order valence-electron chi connectivity index (χ3n) is 4.67. The number of halogens is 1. The molecule has 0 bridgehead atoms. The van der Waals surface area contributed by atoms with Crippen LogP contribution in [0, 0.1) is 0 Å². The summed E-state index contributed by atoms with van der Waals surface area (Å²) >= 11 is 7.58. The van der Waals surface area contributed by atoms with Crippen molar-refractivity contribution >= 4 is 28.1 Å². The highest BCUT2D eigenvalue weighted by atomic mass is 35.5. The standard InChI is InChI=1S/C19H15ClN2O2S/c20-14-4-1-12(2-5-14)15-10-25-18(21-15)22-19(7-8-19)13-3-6-16-17(9-13)24-11-23-16/h1-6,9-10H,7-8,11H2,(H,21,22). The zero-order chi connectivity index (χ0) is 16.9. The van der Waals surface area contributed by atoms with Crippen molar-refractivity contribution in [3.63, 3.8) is 0 Å². The largest absolute Gasteiger partial charge is 0.454 e. The summed E-state index contributed by atoms with van der Waals surface area (Å²) in [5.74, 6) is 1.64. The SMILES string of the molecule is Clc1ccc(-c2csc(NC3(c4ccc5c(c4)OCO5)CC3)n2)cc1. The number of aromatic nitrogens is 1. The molecule has 0 atom stereocenters. The van der Waals surface area contributed by atoms with Crippen molar-refractivity contribution in [2.45, 2.75) is 18.4 Å². The van der Waals surface area contributed by atoms with Gasteiger partial charge in [0.1, 0.15) is 0 Å². The predicted octanol–water partition coefficient (Wildman–Crippen LogP) is 5.29. The van der Waals surface area contributed by atoms with Gasteiger partial charge in [-0.05, 0) is 42.7 Å². The van der Waals surface area contributed by atoms with Crippen LogP contribution in [0.3, 0.4) is 0 Å². The highest BCUT2D eigenvalue weighted by molar-refractivity contribution is 7.14. The van der Waals surface area contributed by atoms with Crippen molar-refractivity contribution in [1.29, 1.82) is 0 Å². The summed E-state index contributed by atoms with van der Waals surface area (Å²) in [6, 6.07) is 13.9. The fourth-order valence-electron chi connectivity index (χ4n) is 3.09. The van der Waals surface area contributed by atoms with E-state index >= 15 is 0 Å². The number of hydrogen-bond donors (Lipinski definition) is 1. The first-order valence-electron chi connectivity index (χ1n) is 8.12.